The van der Waals surface area contributed by atoms with Gasteiger partial charge in [0.15, 0.2) is 11.5 Å². The first-order chi connectivity index (χ1) is 13.8. The molecular formula is C20H20BrF2N3O3. The van der Waals surface area contributed by atoms with E-state index in [1.807, 2.05) is 31.2 Å². The number of hydrogen-bond acceptors (Lipinski definition) is 4. The second kappa shape index (κ2) is 8.77. The largest absolute Gasteiger partial charge is 0.493 e. The molecule has 0 N–H and O–H groups in total. The first kappa shape index (κ1) is 21.0. The Morgan fingerprint density at radius 1 is 1.28 bits per heavy atom. The number of hydrogen-bond donors (Lipinski definition) is 0. The number of nitrogens with zero attached hydrogens (tertiary/aromatic N) is 3. The fourth-order valence-electron chi connectivity index (χ4n) is 3.07. The van der Waals surface area contributed by atoms with Gasteiger partial charge in [-0.25, -0.2) is 9.80 Å². The van der Waals surface area contributed by atoms with Crippen LogP contribution < -0.4 is 14.4 Å². The Labute approximate surface area is 175 Å². The van der Waals surface area contributed by atoms with Crippen LogP contribution in [0.15, 0.2) is 46.0 Å². The van der Waals surface area contributed by atoms with Crippen LogP contribution in [0.4, 0.5) is 19.3 Å². The SMILES string of the molecule is COc1cc2c(cc1OC(F)F)CC(C)N(C(=O)N(C)c1ccc(Br)cc1)N=C2. The lowest BCUT2D eigenvalue weighted by Gasteiger charge is -2.28. The number of alkyl halides is 2. The summed E-state index contributed by atoms with van der Waals surface area (Å²) < 4.78 is 36.0. The van der Waals surface area contributed by atoms with Crippen molar-refractivity contribution in [2.75, 3.05) is 19.1 Å². The fourth-order valence-corrected chi connectivity index (χ4v) is 3.34. The average molecular weight is 468 g/mol. The summed E-state index contributed by atoms with van der Waals surface area (Å²) in [6, 6.07) is 9.82. The van der Waals surface area contributed by atoms with Crippen LogP contribution in [0.2, 0.25) is 0 Å². The number of fused-ring (bicyclic) bond motifs is 1. The van der Waals surface area contributed by atoms with Crippen molar-refractivity contribution in [3.05, 3.63) is 52.0 Å². The molecule has 0 spiro atoms. The van der Waals surface area contributed by atoms with Gasteiger partial charge >= 0.3 is 12.6 Å². The lowest BCUT2D eigenvalue weighted by atomic mass is 10.0. The van der Waals surface area contributed by atoms with Crippen LogP contribution in [0.1, 0.15) is 18.1 Å². The van der Waals surface area contributed by atoms with Gasteiger partial charge in [0.05, 0.1) is 19.4 Å². The zero-order valence-corrected chi connectivity index (χ0v) is 17.7. The van der Waals surface area contributed by atoms with Crippen LogP contribution in [-0.4, -0.2) is 44.1 Å². The van der Waals surface area contributed by atoms with Gasteiger partial charge in [-0.2, -0.15) is 13.9 Å². The number of carbonyl (C=O) groups excluding carboxylic acids is 1. The average Bonchev–Trinajstić information content (AvgIpc) is 2.84. The van der Waals surface area contributed by atoms with Crippen LogP contribution in [0.25, 0.3) is 0 Å². The van der Waals surface area contributed by atoms with E-state index >= 15 is 0 Å². The van der Waals surface area contributed by atoms with Gasteiger partial charge in [0.2, 0.25) is 0 Å². The number of carbonyl (C=O) groups is 1. The number of rotatable bonds is 4. The molecule has 2 amide bonds. The maximum absolute atomic E-state index is 13.0. The van der Waals surface area contributed by atoms with Crippen molar-refractivity contribution in [2.24, 2.45) is 5.10 Å². The molecule has 2 aromatic carbocycles. The molecule has 29 heavy (non-hydrogen) atoms. The summed E-state index contributed by atoms with van der Waals surface area (Å²) in [4.78, 5) is 14.5. The molecule has 0 radical (unpaired) electrons. The highest BCUT2D eigenvalue weighted by Crippen LogP contribution is 2.33. The van der Waals surface area contributed by atoms with E-state index in [0.29, 0.717) is 12.0 Å². The molecular weight excluding hydrogens is 448 g/mol. The van der Waals surface area contributed by atoms with Crippen molar-refractivity contribution in [3.8, 4) is 11.5 Å². The Morgan fingerprint density at radius 2 is 1.97 bits per heavy atom. The topological polar surface area (TPSA) is 54.4 Å². The molecule has 1 aliphatic heterocycles. The number of ether oxygens (including phenoxy) is 2. The van der Waals surface area contributed by atoms with Gasteiger partial charge in [-0.05, 0) is 55.3 Å². The van der Waals surface area contributed by atoms with Crippen molar-refractivity contribution < 1.29 is 23.0 Å². The van der Waals surface area contributed by atoms with Crippen LogP contribution in [-0.2, 0) is 6.42 Å². The highest BCUT2D eigenvalue weighted by molar-refractivity contribution is 9.10. The van der Waals surface area contributed by atoms with E-state index in [4.69, 9.17) is 4.74 Å². The smallest absolute Gasteiger partial charge is 0.387 e. The number of halogens is 3. The summed E-state index contributed by atoms with van der Waals surface area (Å²) in [5.41, 5.74) is 2.13. The Morgan fingerprint density at radius 3 is 2.59 bits per heavy atom. The van der Waals surface area contributed by atoms with Crippen LogP contribution in [0.3, 0.4) is 0 Å². The predicted molar refractivity (Wildman–Crippen MR) is 110 cm³/mol. The Hall–Kier alpha value is -2.68. The maximum atomic E-state index is 13.0. The van der Waals surface area contributed by atoms with Gasteiger partial charge in [0.1, 0.15) is 0 Å². The standard InChI is InChI=1S/C20H20BrF2N3O3/c1-12-8-13-9-18(29-19(22)23)17(28-3)10-14(13)11-24-26(12)20(27)25(2)16-6-4-15(21)5-7-16/h4-7,9-12,19H,8H2,1-3H3. The third-order valence-corrected chi connectivity index (χ3v) is 5.12. The molecule has 9 heteroatoms. The fraction of sp³-hybridized carbons (Fsp3) is 0.300. The Bertz CT molecular complexity index is 922. The second-order valence-electron chi connectivity index (χ2n) is 6.54. The highest BCUT2D eigenvalue weighted by Gasteiger charge is 2.27. The molecule has 1 aliphatic rings. The maximum Gasteiger partial charge on any atom is 0.387 e. The van der Waals surface area contributed by atoms with Crippen LogP contribution in [0, 0.1) is 0 Å². The van der Waals surface area contributed by atoms with Crippen LogP contribution in [0.5, 0.6) is 11.5 Å². The van der Waals surface area contributed by atoms with E-state index in [1.54, 1.807) is 13.1 Å². The Kier molecular flexibility index (Phi) is 6.36. The molecule has 0 aromatic heterocycles. The van der Waals surface area contributed by atoms with Gasteiger partial charge in [0.25, 0.3) is 0 Å². The number of benzene rings is 2. The van der Waals surface area contributed by atoms with Gasteiger partial charge in [-0.15, -0.1) is 0 Å². The summed E-state index contributed by atoms with van der Waals surface area (Å²) in [5.74, 6) is 0.128. The zero-order chi connectivity index (χ0) is 21.1. The number of anilines is 1. The Balaban J connectivity index is 1.87. The minimum absolute atomic E-state index is 0.0476. The van der Waals surface area contributed by atoms with E-state index in [0.717, 1.165) is 15.7 Å². The summed E-state index contributed by atoms with van der Waals surface area (Å²) in [6.45, 7) is -1.12. The summed E-state index contributed by atoms with van der Waals surface area (Å²) in [5, 5.41) is 5.72. The highest BCUT2D eigenvalue weighted by atomic mass is 79.9. The quantitative estimate of drug-likeness (QED) is 0.642. The van der Waals surface area contributed by atoms with Crippen LogP contribution >= 0.6 is 15.9 Å². The molecule has 3 rings (SSSR count). The van der Waals surface area contributed by atoms with Gasteiger partial charge < -0.3 is 9.47 Å². The van der Waals surface area contributed by atoms with Gasteiger partial charge in [0, 0.05) is 22.8 Å². The lowest BCUT2D eigenvalue weighted by Crippen LogP contribution is -2.43. The third kappa shape index (κ3) is 4.67. The number of methoxy groups -OCH3 is 1. The second-order valence-corrected chi connectivity index (χ2v) is 7.46. The van der Waals surface area contributed by atoms with Crippen molar-refractivity contribution in [1.29, 1.82) is 0 Å². The number of amides is 2. The normalized spacial score (nSPS) is 15.7. The molecule has 1 heterocycles. The first-order valence-corrected chi connectivity index (χ1v) is 9.61. The van der Waals surface area contributed by atoms with E-state index < -0.39 is 6.61 Å². The minimum Gasteiger partial charge on any atom is -0.493 e. The predicted octanol–water partition coefficient (Wildman–Crippen LogP) is 4.90. The van der Waals surface area contributed by atoms with Gasteiger partial charge in [-0.3, -0.25) is 4.90 Å². The molecule has 1 atom stereocenters. The minimum atomic E-state index is -2.96. The third-order valence-electron chi connectivity index (χ3n) is 4.59. The van der Waals surface area contributed by atoms with Crippen molar-refractivity contribution in [3.63, 3.8) is 0 Å². The van der Waals surface area contributed by atoms with E-state index in [-0.39, 0.29) is 23.6 Å². The zero-order valence-electron chi connectivity index (χ0n) is 16.1. The molecule has 2 aromatic rings. The van der Waals surface area contributed by atoms with E-state index in [9.17, 15) is 13.6 Å². The molecule has 0 fully saturated rings. The number of hydrazone groups is 1. The summed E-state index contributed by atoms with van der Waals surface area (Å²) in [6.07, 6.45) is 1.94. The van der Waals surface area contributed by atoms with Gasteiger partial charge in [-0.1, -0.05) is 15.9 Å². The first-order valence-electron chi connectivity index (χ1n) is 8.82. The molecule has 6 nitrogen and oxygen atoms in total. The number of urea groups is 1. The molecule has 154 valence electrons. The molecule has 0 saturated carbocycles. The van der Waals surface area contributed by atoms with Crippen molar-refractivity contribution >= 4 is 33.9 Å². The lowest BCUT2D eigenvalue weighted by molar-refractivity contribution is -0.0512. The summed E-state index contributed by atoms with van der Waals surface area (Å²) in [7, 11) is 3.04. The summed E-state index contributed by atoms with van der Waals surface area (Å²) >= 11 is 3.37. The molecule has 1 unspecified atom stereocenters. The molecule has 0 aliphatic carbocycles. The van der Waals surface area contributed by atoms with Crippen molar-refractivity contribution in [2.45, 2.75) is 26.0 Å². The van der Waals surface area contributed by atoms with Crippen molar-refractivity contribution in [1.82, 2.24) is 5.01 Å². The monoisotopic (exact) mass is 467 g/mol. The van der Waals surface area contributed by atoms with E-state index in [2.05, 4.69) is 25.8 Å². The van der Waals surface area contributed by atoms with E-state index in [1.165, 1.54) is 29.3 Å². The molecule has 0 bridgehead atoms. The molecule has 0 saturated heterocycles.